The Labute approximate surface area is 173 Å². The molecule has 0 fully saturated rings. The van der Waals surface area contributed by atoms with Crippen LogP contribution in [-0.4, -0.2) is 22.4 Å². The number of benzene rings is 2. The van der Waals surface area contributed by atoms with Crippen molar-refractivity contribution >= 4 is 46.0 Å². The van der Waals surface area contributed by atoms with Crippen LogP contribution < -0.4 is 5.43 Å². The Balaban J connectivity index is 2.38. The Morgan fingerprint density at radius 1 is 1.08 bits per heavy atom. The smallest absolute Gasteiger partial charge is 0.267 e. The lowest BCUT2D eigenvalue weighted by Crippen LogP contribution is -2.56. The Bertz CT molecular complexity index is 839. The zero-order valence-corrected chi connectivity index (χ0v) is 18.4. The minimum atomic E-state index is -0.629. The lowest BCUT2D eigenvalue weighted by atomic mass is 10.0. The van der Waals surface area contributed by atoms with Crippen molar-refractivity contribution in [3.8, 4) is 0 Å². The van der Waals surface area contributed by atoms with Gasteiger partial charge in [0, 0.05) is 9.13 Å². The summed E-state index contributed by atoms with van der Waals surface area (Å²) in [6.45, 7) is 9.38. The molecule has 0 spiro atoms. The Morgan fingerprint density at radius 2 is 1.73 bits per heavy atom. The number of nitrogens with zero attached hydrogens (tertiary/aromatic N) is 1. The molecule has 0 aliphatic rings. The summed E-state index contributed by atoms with van der Waals surface area (Å²) >= 11 is 8.44. The second kappa shape index (κ2) is 7.96. The summed E-state index contributed by atoms with van der Waals surface area (Å²) in [5, 5.41) is 1.71. The van der Waals surface area contributed by atoms with E-state index < -0.39 is 5.54 Å². The van der Waals surface area contributed by atoms with Crippen LogP contribution >= 0.6 is 34.2 Å². The number of amides is 2. The maximum atomic E-state index is 13.1. The van der Waals surface area contributed by atoms with Crippen molar-refractivity contribution in [2.24, 2.45) is 0 Å². The van der Waals surface area contributed by atoms with Crippen LogP contribution in [0.4, 0.5) is 0 Å². The zero-order valence-electron chi connectivity index (χ0n) is 15.5. The van der Waals surface area contributed by atoms with Crippen molar-refractivity contribution in [2.45, 2.75) is 40.2 Å². The van der Waals surface area contributed by atoms with Crippen molar-refractivity contribution in [3.05, 3.63) is 67.2 Å². The van der Waals surface area contributed by atoms with Crippen LogP contribution in [0.1, 0.15) is 52.6 Å². The minimum absolute atomic E-state index is 0.337. The van der Waals surface area contributed by atoms with Gasteiger partial charge in [-0.05, 0) is 86.5 Å². The van der Waals surface area contributed by atoms with Gasteiger partial charge in [-0.1, -0.05) is 29.8 Å². The van der Waals surface area contributed by atoms with E-state index in [9.17, 15) is 9.59 Å². The minimum Gasteiger partial charge on any atom is -0.267 e. The summed E-state index contributed by atoms with van der Waals surface area (Å²) in [4.78, 5) is 25.9. The highest BCUT2D eigenvalue weighted by Crippen LogP contribution is 2.24. The second-order valence-electron chi connectivity index (χ2n) is 7.15. The third-order valence-electron chi connectivity index (χ3n) is 3.96. The molecule has 2 rings (SSSR count). The number of carbonyl (C=O) groups excluding carboxylic acids is 2. The van der Waals surface area contributed by atoms with Crippen LogP contribution in [0.3, 0.4) is 0 Å². The first-order valence-corrected chi connectivity index (χ1v) is 9.65. The molecule has 0 radical (unpaired) electrons. The normalized spacial score (nSPS) is 11.2. The van der Waals surface area contributed by atoms with Crippen LogP contribution in [0.15, 0.2) is 36.4 Å². The molecule has 0 bridgehead atoms. The van der Waals surface area contributed by atoms with E-state index in [0.29, 0.717) is 16.1 Å². The number of hydrogen-bond acceptors (Lipinski definition) is 2. The van der Waals surface area contributed by atoms with E-state index in [4.69, 9.17) is 11.6 Å². The van der Waals surface area contributed by atoms with Gasteiger partial charge in [-0.2, -0.15) is 0 Å². The highest BCUT2D eigenvalue weighted by Gasteiger charge is 2.31. The average molecular weight is 485 g/mol. The first kappa shape index (κ1) is 20.7. The molecule has 1 N–H and O–H groups in total. The van der Waals surface area contributed by atoms with Gasteiger partial charge in [0.1, 0.15) is 0 Å². The number of rotatable bonds is 2. The van der Waals surface area contributed by atoms with Gasteiger partial charge in [0.15, 0.2) is 0 Å². The van der Waals surface area contributed by atoms with Crippen molar-refractivity contribution in [1.29, 1.82) is 0 Å². The fourth-order valence-corrected chi connectivity index (χ4v) is 3.26. The van der Waals surface area contributed by atoms with Crippen molar-refractivity contribution in [1.82, 2.24) is 10.4 Å². The summed E-state index contributed by atoms with van der Waals surface area (Å²) in [6, 6.07) is 10.7. The molecule has 0 aliphatic carbocycles. The summed E-state index contributed by atoms with van der Waals surface area (Å²) in [6.07, 6.45) is 0. The summed E-state index contributed by atoms with van der Waals surface area (Å²) in [5.74, 6) is -0.674. The third kappa shape index (κ3) is 4.57. The van der Waals surface area contributed by atoms with Gasteiger partial charge in [0.25, 0.3) is 11.8 Å². The fraction of sp³-hybridized carbons (Fsp3) is 0.300. The molecular weight excluding hydrogens is 463 g/mol. The largest absolute Gasteiger partial charge is 0.274 e. The quantitative estimate of drug-likeness (QED) is 0.474. The molecule has 4 nitrogen and oxygen atoms in total. The van der Waals surface area contributed by atoms with Gasteiger partial charge < -0.3 is 0 Å². The predicted octanol–water partition coefficient (Wildman–Crippen LogP) is 5.15. The molecule has 26 heavy (non-hydrogen) atoms. The number of hydrogen-bond donors (Lipinski definition) is 1. The van der Waals surface area contributed by atoms with E-state index in [1.165, 1.54) is 5.01 Å². The van der Waals surface area contributed by atoms with Crippen molar-refractivity contribution in [3.63, 3.8) is 0 Å². The molecule has 0 unspecified atom stereocenters. The SMILES string of the molecule is Cc1ccc(C(=O)NN(C(=O)c2c(C)cccc2Cl)C(C)(C)C)cc1I. The lowest BCUT2D eigenvalue weighted by molar-refractivity contribution is 0.0358. The van der Waals surface area contributed by atoms with Crippen molar-refractivity contribution in [2.75, 3.05) is 0 Å². The Hall–Kier alpha value is -1.60. The number of halogens is 2. The molecule has 0 aromatic heterocycles. The lowest BCUT2D eigenvalue weighted by Gasteiger charge is -2.36. The van der Waals surface area contributed by atoms with E-state index in [2.05, 4.69) is 28.0 Å². The number of carbonyl (C=O) groups is 2. The molecule has 2 amide bonds. The summed E-state index contributed by atoms with van der Waals surface area (Å²) in [7, 11) is 0. The number of hydrazine groups is 1. The maximum absolute atomic E-state index is 13.1. The van der Waals surface area contributed by atoms with Crippen molar-refractivity contribution < 1.29 is 9.59 Å². The van der Waals surface area contributed by atoms with Gasteiger partial charge in [-0.25, -0.2) is 5.01 Å². The van der Waals surface area contributed by atoms with Crippen LogP contribution in [0, 0.1) is 17.4 Å². The highest BCUT2D eigenvalue weighted by atomic mass is 127. The molecule has 0 atom stereocenters. The maximum Gasteiger partial charge on any atom is 0.274 e. The molecular formula is C20H22ClIN2O2. The van der Waals surface area contributed by atoms with Gasteiger partial charge >= 0.3 is 0 Å². The molecule has 2 aromatic carbocycles. The Morgan fingerprint density at radius 3 is 2.27 bits per heavy atom. The van der Waals surface area contributed by atoms with Gasteiger partial charge in [0.2, 0.25) is 0 Å². The number of nitrogens with one attached hydrogen (secondary N) is 1. The van der Waals surface area contributed by atoms with E-state index >= 15 is 0 Å². The van der Waals surface area contributed by atoms with Gasteiger partial charge in [-0.15, -0.1) is 0 Å². The van der Waals surface area contributed by atoms with Gasteiger partial charge in [-0.3, -0.25) is 15.0 Å². The van der Waals surface area contributed by atoms with Crippen LogP contribution in [-0.2, 0) is 0 Å². The first-order chi connectivity index (χ1) is 12.0. The molecule has 0 saturated heterocycles. The Kier molecular flexibility index (Phi) is 6.34. The summed E-state index contributed by atoms with van der Waals surface area (Å²) < 4.78 is 0.992. The summed E-state index contributed by atoms with van der Waals surface area (Å²) in [5.41, 5.74) is 4.87. The monoisotopic (exact) mass is 484 g/mol. The van der Waals surface area contributed by atoms with E-state index in [1.807, 2.05) is 46.8 Å². The molecule has 6 heteroatoms. The molecule has 0 saturated carbocycles. The van der Waals surface area contributed by atoms with E-state index in [0.717, 1.165) is 14.7 Å². The highest BCUT2D eigenvalue weighted by molar-refractivity contribution is 14.1. The fourth-order valence-electron chi connectivity index (χ4n) is 2.44. The second-order valence-corrected chi connectivity index (χ2v) is 8.72. The standard InChI is InChI=1S/C20H22ClIN2O2/c1-12-9-10-14(11-16(12)22)18(25)23-24(20(3,4)5)19(26)17-13(2)7-6-8-15(17)21/h6-11H,1-5H3,(H,23,25). The van der Waals surface area contributed by atoms with Gasteiger partial charge in [0.05, 0.1) is 16.1 Å². The first-order valence-electron chi connectivity index (χ1n) is 8.19. The molecule has 0 heterocycles. The van der Waals surface area contributed by atoms with Crippen LogP contribution in [0.2, 0.25) is 5.02 Å². The van der Waals surface area contributed by atoms with Crippen LogP contribution in [0.25, 0.3) is 0 Å². The molecule has 0 aliphatic heterocycles. The zero-order chi connectivity index (χ0) is 19.6. The topological polar surface area (TPSA) is 49.4 Å². The molecule has 2 aromatic rings. The average Bonchev–Trinajstić information content (AvgIpc) is 2.53. The molecule has 138 valence electrons. The van der Waals surface area contributed by atoms with E-state index in [1.54, 1.807) is 24.3 Å². The van der Waals surface area contributed by atoms with Crippen LogP contribution in [0.5, 0.6) is 0 Å². The van der Waals surface area contributed by atoms with E-state index in [-0.39, 0.29) is 11.8 Å². The third-order valence-corrected chi connectivity index (χ3v) is 5.43. The number of aryl methyl sites for hydroxylation is 2. The predicted molar refractivity (Wildman–Crippen MR) is 113 cm³/mol.